The molecule has 1 aromatic carbocycles. The van der Waals surface area contributed by atoms with Gasteiger partial charge in [-0.05, 0) is 31.6 Å². The van der Waals surface area contributed by atoms with Crippen LogP contribution in [0.2, 0.25) is 0 Å². The topological polar surface area (TPSA) is 35.5 Å². The maximum Gasteiger partial charge on any atom is 0.174 e. The number of nitrogens with zero attached hydrogens (tertiary/aromatic N) is 1. The molecule has 0 bridgehead atoms. The lowest BCUT2D eigenvalue weighted by atomic mass is 10.1. The molecule has 14 heavy (non-hydrogen) atoms. The van der Waals surface area contributed by atoms with Gasteiger partial charge in [-0.25, -0.2) is 0 Å². The second-order valence-electron chi connectivity index (χ2n) is 3.68. The standard InChI is InChI=1S/C11H14N2O/c1-9-5-3-4-6-10(9)13-11(2,14)7-8-12-13/h3-8,12,14H,1-2H3. The molecular formula is C11H14N2O. The molecule has 1 aliphatic rings. The minimum atomic E-state index is -0.952. The van der Waals surface area contributed by atoms with E-state index in [1.807, 2.05) is 31.2 Å². The van der Waals surface area contributed by atoms with Crippen LogP contribution in [0.25, 0.3) is 0 Å². The zero-order chi connectivity index (χ0) is 10.2. The smallest absolute Gasteiger partial charge is 0.174 e. The third-order valence-electron chi connectivity index (χ3n) is 2.41. The van der Waals surface area contributed by atoms with E-state index in [9.17, 15) is 5.11 Å². The van der Waals surface area contributed by atoms with E-state index in [-0.39, 0.29) is 0 Å². The molecule has 0 amide bonds. The first kappa shape index (κ1) is 9.09. The molecule has 2 N–H and O–H groups in total. The van der Waals surface area contributed by atoms with Crippen molar-refractivity contribution in [2.45, 2.75) is 19.6 Å². The third-order valence-corrected chi connectivity index (χ3v) is 2.41. The number of aryl methyl sites for hydroxylation is 1. The van der Waals surface area contributed by atoms with Gasteiger partial charge in [-0.1, -0.05) is 18.2 Å². The van der Waals surface area contributed by atoms with Crippen LogP contribution in [0, 0.1) is 6.92 Å². The average Bonchev–Trinajstić information content (AvgIpc) is 2.46. The Hall–Kier alpha value is -1.48. The predicted octanol–water partition coefficient (Wildman–Crippen LogP) is 1.54. The van der Waals surface area contributed by atoms with Crippen LogP contribution in [0.3, 0.4) is 0 Å². The van der Waals surface area contributed by atoms with Gasteiger partial charge in [0, 0.05) is 6.20 Å². The van der Waals surface area contributed by atoms with Crippen molar-refractivity contribution in [2.75, 3.05) is 5.01 Å². The molecule has 1 unspecified atom stereocenters. The predicted molar refractivity (Wildman–Crippen MR) is 56.6 cm³/mol. The molecule has 0 spiro atoms. The number of hydrogen-bond donors (Lipinski definition) is 2. The highest BCUT2D eigenvalue weighted by atomic mass is 16.3. The molecule has 0 saturated heterocycles. The fourth-order valence-corrected chi connectivity index (χ4v) is 1.60. The van der Waals surface area contributed by atoms with Gasteiger partial charge in [-0.3, -0.25) is 5.01 Å². The van der Waals surface area contributed by atoms with Crippen LogP contribution >= 0.6 is 0 Å². The van der Waals surface area contributed by atoms with Crippen molar-refractivity contribution in [1.29, 1.82) is 0 Å². The Kier molecular flexibility index (Phi) is 1.97. The Morgan fingerprint density at radius 3 is 2.64 bits per heavy atom. The van der Waals surface area contributed by atoms with Crippen molar-refractivity contribution >= 4 is 5.69 Å². The molecule has 1 aromatic rings. The summed E-state index contributed by atoms with van der Waals surface area (Å²) in [7, 11) is 0. The van der Waals surface area contributed by atoms with Crippen molar-refractivity contribution in [1.82, 2.24) is 5.43 Å². The fraction of sp³-hybridized carbons (Fsp3) is 0.273. The van der Waals surface area contributed by atoms with Gasteiger partial charge in [0.15, 0.2) is 5.72 Å². The van der Waals surface area contributed by atoms with Gasteiger partial charge in [-0.2, -0.15) is 0 Å². The highest BCUT2D eigenvalue weighted by molar-refractivity contribution is 5.55. The largest absolute Gasteiger partial charge is 0.366 e. The molecular weight excluding hydrogens is 176 g/mol. The molecule has 1 atom stereocenters. The van der Waals surface area contributed by atoms with E-state index in [1.165, 1.54) is 0 Å². The second kappa shape index (κ2) is 3.03. The summed E-state index contributed by atoms with van der Waals surface area (Å²) < 4.78 is 0. The Morgan fingerprint density at radius 1 is 1.36 bits per heavy atom. The first-order chi connectivity index (χ1) is 6.61. The van der Waals surface area contributed by atoms with E-state index in [4.69, 9.17) is 0 Å². The van der Waals surface area contributed by atoms with Gasteiger partial charge < -0.3 is 10.5 Å². The van der Waals surface area contributed by atoms with E-state index in [0.29, 0.717) is 0 Å². The lowest BCUT2D eigenvalue weighted by Crippen LogP contribution is -2.47. The summed E-state index contributed by atoms with van der Waals surface area (Å²) >= 11 is 0. The third kappa shape index (κ3) is 1.36. The number of hydrazine groups is 1. The number of aliphatic hydroxyl groups is 1. The molecule has 74 valence electrons. The second-order valence-corrected chi connectivity index (χ2v) is 3.68. The maximum absolute atomic E-state index is 10.0. The van der Waals surface area contributed by atoms with Crippen molar-refractivity contribution in [3.8, 4) is 0 Å². The first-order valence-corrected chi connectivity index (χ1v) is 4.63. The molecule has 0 aromatic heterocycles. The van der Waals surface area contributed by atoms with Crippen LogP contribution in [0.1, 0.15) is 12.5 Å². The molecule has 0 radical (unpaired) electrons. The number of benzene rings is 1. The van der Waals surface area contributed by atoms with Crippen molar-refractivity contribution < 1.29 is 5.11 Å². The van der Waals surface area contributed by atoms with Crippen molar-refractivity contribution in [3.05, 3.63) is 42.1 Å². The maximum atomic E-state index is 10.0. The number of anilines is 1. The molecule has 0 aliphatic carbocycles. The summed E-state index contributed by atoms with van der Waals surface area (Å²) in [6, 6.07) is 7.94. The monoisotopic (exact) mass is 190 g/mol. The van der Waals surface area contributed by atoms with Gasteiger partial charge in [0.05, 0.1) is 5.69 Å². The quantitative estimate of drug-likeness (QED) is 0.705. The van der Waals surface area contributed by atoms with Gasteiger partial charge in [-0.15, -0.1) is 0 Å². The SMILES string of the molecule is Cc1ccccc1N1NC=CC1(C)O. The Morgan fingerprint density at radius 2 is 2.07 bits per heavy atom. The van der Waals surface area contributed by atoms with Crippen molar-refractivity contribution in [3.63, 3.8) is 0 Å². The van der Waals surface area contributed by atoms with E-state index in [2.05, 4.69) is 5.43 Å². The zero-order valence-corrected chi connectivity index (χ0v) is 8.36. The average molecular weight is 190 g/mol. The molecule has 3 heteroatoms. The Bertz CT molecular complexity index is 371. The highest BCUT2D eigenvalue weighted by Crippen LogP contribution is 2.27. The minimum Gasteiger partial charge on any atom is -0.366 e. The summed E-state index contributed by atoms with van der Waals surface area (Å²) in [6.07, 6.45) is 3.46. The minimum absolute atomic E-state index is 0.952. The van der Waals surface area contributed by atoms with E-state index in [0.717, 1.165) is 11.3 Å². The molecule has 0 saturated carbocycles. The van der Waals surface area contributed by atoms with Crippen molar-refractivity contribution in [2.24, 2.45) is 0 Å². The van der Waals surface area contributed by atoms with Gasteiger partial charge in [0.25, 0.3) is 0 Å². The molecule has 1 heterocycles. The molecule has 1 aliphatic heterocycles. The lowest BCUT2D eigenvalue weighted by Gasteiger charge is -2.32. The summed E-state index contributed by atoms with van der Waals surface area (Å²) in [5.74, 6) is 0. The van der Waals surface area contributed by atoms with Gasteiger partial charge in [0.1, 0.15) is 0 Å². The normalized spacial score (nSPS) is 25.2. The highest BCUT2D eigenvalue weighted by Gasteiger charge is 2.30. The van der Waals surface area contributed by atoms with Gasteiger partial charge in [0.2, 0.25) is 0 Å². The van der Waals surface area contributed by atoms with Crippen LogP contribution in [-0.2, 0) is 0 Å². The van der Waals surface area contributed by atoms with Crippen LogP contribution in [0.4, 0.5) is 5.69 Å². The van der Waals surface area contributed by atoms with E-state index >= 15 is 0 Å². The summed E-state index contributed by atoms with van der Waals surface area (Å²) in [6.45, 7) is 3.77. The number of nitrogens with one attached hydrogen (secondary N) is 1. The van der Waals surface area contributed by atoms with Crippen LogP contribution in [0.5, 0.6) is 0 Å². The lowest BCUT2D eigenvalue weighted by molar-refractivity contribution is 0.109. The van der Waals surface area contributed by atoms with Crippen LogP contribution < -0.4 is 10.4 Å². The fourth-order valence-electron chi connectivity index (χ4n) is 1.60. The first-order valence-electron chi connectivity index (χ1n) is 4.63. The summed E-state index contributed by atoms with van der Waals surface area (Å²) in [5, 5.41) is 11.7. The Balaban J connectivity index is 2.38. The van der Waals surface area contributed by atoms with Crippen LogP contribution in [0.15, 0.2) is 36.5 Å². The van der Waals surface area contributed by atoms with Crippen LogP contribution in [-0.4, -0.2) is 10.8 Å². The van der Waals surface area contributed by atoms with E-state index in [1.54, 1.807) is 24.2 Å². The number of rotatable bonds is 1. The zero-order valence-electron chi connectivity index (χ0n) is 8.36. The molecule has 2 rings (SSSR count). The van der Waals surface area contributed by atoms with E-state index < -0.39 is 5.72 Å². The molecule has 3 nitrogen and oxygen atoms in total. The summed E-state index contributed by atoms with van der Waals surface area (Å²) in [4.78, 5) is 0. The van der Waals surface area contributed by atoms with Gasteiger partial charge >= 0.3 is 0 Å². The summed E-state index contributed by atoms with van der Waals surface area (Å²) in [5.41, 5.74) is 4.17. The Labute approximate surface area is 83.6 Å². The number of hydrogen-bond acceptors (Lipinski definition) is 3. The number of para-hydroxylation sites is 1. The molecule has 0 fully saturated rings.